The Morgan fingerprint density at radius 3 is 2.94 bits per heavy atom. The summed E-state index contributed by atoms with van der Waals surface area (Å²) in [5, 5.41) is 2.72. The third kappa shape index (κ3) is 4.28. The zero-order valence-corrected chi connectivity index (χ0v) is 9.98. The van der Waals surface area contributed by atoms with E-state index in [9.17, 15) is 4.79 Å². The fraction of sp³-hybridized carbons (Fsp3) is 0.308. The van der Waals surface area contributed by atoms with Crippen LogP contribution >= 0.6 is 0 Å². The molecule has 1 aromatic rings. The molecule has 0 heterocycles. The van der Waals surface area contributed by atoms with Crippen LogP contribution in [0.1, 0.15) is 13.3 Å². The second-order valence-corrected chi connectivity index (χ2v) is 3.67. The molecule has 0 aliphatic heterocycles. The number of nitrogen functional groups attached to an aromatic ring is 1. The molecule has 1 atom stereocenters. The summed E-state index contributed by atoms with van der Waals surface area (Å²) in [4.78, 5) is 11.7. The predicted octanol–water partition coefficient (Wildman–Crippen LogP) is 2.19. The zero-order valence-electron chi connectivity index (χ0n) is 9.98. The molecule has 92 valence electrons. The Labute approximate surface area is 101 Å². The third-order valence-electron chi connectivity index (χ3n) is 2.28. The molecule has 0 aromatic heterocycles. The molecule has 4 nitrogen and oxygen atoms in total. The topological polar surface area (TPSA) is 64.3 Å². The fourth-order valence-corrected chi connectivity index (χ4v) is 1.25. The van der Waals surface area contributed by atoms with Gasteiger partial charge in [0.25, 0.3) is 5.91 Å². The summed E-state index contributed by atoms with van der Waals surface area (Å²) >= 11 is 0. The lowest BCUT2D eigenvalue weighted by Crippen LogP contribution is -2.28. The van der Waals surface area contributed by atoms with E-state index >= 15 is 0 Å². The van der Waals surface area contributed by atoms with Crippen molar-refractivity contribution in [2.24, 2.45) is 0 Å². The number of rotatable bonds is 6. The van der Waals surface area contributed by atoms with Gasteiger partial charge in [-0.2, -0.15) is 0 Å². The Kier molecular flexibility index (Phi) is 5.23. The van der Waals surface area contributed by atoms with Crippen molar-refractivity contribution in [2.75, 3.05) is 17.7 Å². The number of benzene rings is 1. The first-order chi connectivity index (χ1) is 8.15. The van der Waals surface area contributed by atoms with Crippen LogP contribution in [0.5, 0.6) is 0 Å². The number of amides is 1. The summed E-state index contributed by atoms with van der Waals surface area (Å²) in [6.45, 7) is 5.78. The zero-order chi connectivity index (χ0) is 12.7. The summed E-state index contributed by atoms with van der Waals surface area (Å²) in [6.07, 6.45) is 1.97. The highest BCUT2D eigenvalue weighted by Crippen LogP contribution is 2.17. The number of hydrogen-bond donors (Lipinski definition) is 2. The molecule has 0 radical (unpaired) electrons. The van der Waals surface area contributed by atoms with Crippen LogP contribution in [0.4, 0.5) is 11.4 Å². The van der Waals surface area contributed by atoms with Gasteiger partial charge in [-0.1, -0.05) is 18.2 Å². The average molecular weight is 234 g/mol. The third-order valence-corrected chi connectivity index (χ3v) is 2.28. The van der Waals surface area contributed by atoms with E-state index in [-0.39, 0.29) is 5.91 Å². The first-order valence-electron chi connectivity index (χ1n) is 5.53. The summed E-state index contributed by atoms with van der Waals surface area (Å²) in [7, 11) is 0. The van der Waals surface area contributed by atoms with Crippen molar-refractivity contribution in [1.82, 2.24) is 0 Å². The molecule has 1 unspecified atom stereocenters. The predicted molar refractivity (Wildman–Crippen MR) is 69.7 cm³/mol. The second-order valence-electron chi connectivity index (χ2n) is 3.67. The molecule has 0 saturated carbocycles. The van der Waals surface area contributed by atoms with Gasteiger partial charge in [-0.25, -0.2) is 0 Å². The molecule has 0 aliphatic carbocycles. The van der Waals surface area contributed by atoms with Gasteiger partial charge in [-0.3, -0.25) is 4.79 Å². The lowest BCUT2D eigenvalue weighted by molar-refractivity contribution is -0.126. The van der Waals surface area contributed by atoms with Gasteiger partial charge in [-0.15, -0.1) is 6.58 Å². The first kappa shape index (κ1) is 13.3. The molecule has 1 amide bonds. The van der Waals surface area contributed by atoms with Crippen molar-refractivity contribution in [2.45, 2.75) is 19.4 Å². The lowest BCUT2D eigenvalue weighted by Gasteiger charge is -2.13. The Bertz CT molecular complexity index is 391. The maximum Gasteiger partial charge on any atom is 0.253 e. The maximum atomic E-state index is 11.7. The molecule has 0 bridgehead atoms. The molecule has 0 aliphatic rings. The first-order valence-corrected chi connectivity index (χ1v) is 5.53. The maximum absolute atomic E-state index is 11.7. The molecule has 0 spiro atoms. The van der Waals surface area contributed by atoms with Crippen molar-refractivity contribution in [1.29, 1.82) is 0 Å². The molecule has 4 heteroatoms. The Hall–Kier alpha value is -1.81. The van der Waals surface area contributed by atoms with E-state index in [0.717, 1.165) is 6.42 Å². The SMILES string of the molecule is C=CCCOC(C)C(=O)Nc1ccccc1N. The van der Waals surface area contributed by atoms with Gasteiger partial charge in [-0.05, 0) is 25.5 Å². The van der Waals surface area contributed by atoms with Crippen LogP contribution in [0.2, 0.25) is 0 Å². The lowest BCUT2D eigenvalue weighted by atomic mass is 10.2. The number of carbonyl (C=O) groups is 1. The van der Waals surface area contributed by atoms with E-state index in [1.165, 1.54) is 0 Å². The van der Waals surface area contributed by atoms with Gasteiger partial charge < -0.3 is 15.8 Å². The van der Waals surface area contributed by atoms with Crippen molar-refractivity contribution in [3.63, 3.8) is 0 Å². The minimum Gasteiger partial charge on any atom is -0.397 e. The van der Waals surface area contributed by atoms with Gasteiger partial charge in [0.15, 0.2) is 0 Å². The van der Waals surface area contributed by atoms with E-state index in [1.54, 1.807) is 25.1 Å². The number of hydrogen-bond acceptors (Lipinski definition) is 3. The van der Waals surface area contributed by atoms with Crippen LogP contribution in [-0.4, -0.2) is 18.6 Å². The fourth-order valence-electron chi connectivity index (χ4n) is 1.25. The van der Waals surface area contributed by atoms with E-state index in [1.807, 2.05) is 12.1 Å². The largest absolute Gasteiger partial charge is 0.397 e. The molecular formula is C13H18N2O2. The number of para-hydroxylation sites is 2. The molecule has 17 heavy (non-hydrogen) atoms. The molecule has 0 saturated heterocycles. The molecule has 1 aromatic carbocycles. The van der Waals surface area contributed by atoms with Gasteiger partial charge in [0, 0.05) is 0 Å². The van der Waals surface area contributed by atoms with Crippen molar-refractivity contribution in [3.8, 4) is 0 Å². The summed E-state index contributed by atoms with van der Waals surface area (Å²) in [6, 6.07) is 7.12. The highest BCUT2D eigenvalue weighted by Gasteiger charge is 2.13. The van der Waals surface area contributed by atoms with Crippen LogP contribution < -0.4 is 11.1 Å². The number of anilines is 2. The van der Waals surface area contributed by atoms with Crippen LogP contribution in [0, 0.1) is 0 Å². The average Bonchev–Trinajstić information content (AvgIpc) is 2.32. The minimum absolute atomic E-state index is 0.202. The normalized spacial score (nSPS) is 11.8. The summed E-state index contributed by atoms with van der Waals surface area (Å²) in [5.74, 6) is -0.202. The standard InChI is InChI=1S/C13H18N2O2/c1-3-4-9-17-10(2)13(16)15-12-8-6-5-7-11(12)14/h3,5-8,10H,1,4,9,14H2,2H3,(H,15,16). The van der Waals surface area contributed by atoms with Gasteiger partial charge in [0.1, 0.15) is 6.10 Å². The Balaban J connectivity index is 2.48. The molecule has 3 N–H and O–H groups in total. The summed E-state index contributed by atoms with van der Waals surface area (Å²) < 4.78 is 5.33. The van der Waals surface area contributed by atoms with Crippen molar-refractivity contribution < 1.29 is 9.53 Å². The van der Waals surface area contributed by atoms with Crippen LogP contribution in [-0.2, 0) is 9.53 Å². The van der Waals surface area contributed by atoms with E-state index in [0.29, 0.717) is 18.0 Å². The Morgan fingerprint density at radius 2 is 2.29 bits per heavy atom. The van der Waals surface area contributed by atoms with E-state index in [4.69, 9.17) is 10.5 Å². The van der Waals surface area contributed by atoms with Gasteiger partial charge in [0.2, 0.25) is 0 Å². The van der Waals surface area contributed by atoms with Crippen molar-refractivity contribution in [3.05, 3.63) is 36.9 Å². The second kappa shape index (κ2) is 6.70. The number of ether oxygens (including phenoxy) is 1. The number of nitrogens with two attached hydrogens (primary N) is 1. The van der Waals surface area contributed by atoms with Crippen LogP contribution in [0.15, 0.2) is 36.9 Å². The summed E-state index contributed by atoms with van der Waals surface area (Å²) in [5.41, 5.74) is 6.87. The monoisotopic (exact) mass is 234 g/mol. The van der Waals surface area contributed by atoms with Gasteiger partial charge >= 0.3 is 0 Å². The highest BCUT2D eigenvalue weighted by atomic mass is 16.5. The molecule has 1 rings (SSSR count). The number of nitrogens with one attached hydrogen (secondary N) is 1. The Morgan fingerprint density at radius 1 is 1.59 bits per heavy atom. The van der Waals surface area contributed by atoms with E-state index in [2.05, 4.69) is 11.9 Å². The van der Waals surface area contributed by atoms with E-state index < -0.39 is 6.10 Å². The number of carbonyl (C=O) groups excluding carboxylic acids is 1. The van der Waals surface area contributed by atoms with Crippen LogP contribution in [0.25, 0.3) is 0 Å². The molecule has 0 fully saturated rings. The van der Waals surface area contributed by atoms with Crippen molar-refractivity contribution >= 4 is 17.3 Å². The quantitative estimate of drug-likeness (QED) is 0.450. The highest BCUT2D eigenvalue weighted by molar-refractivity contribution is 5.96. The molecular weight excluding hydrogens is 216 g/mol. The van der Waals surface area contributed by atoms with Crippen LogP contribution in [0.3, 0.4) is 0 Å². The van der Waals surface area contributed by atoms with Gasteiger partial charge in [0.05, 0.1) is 18.0 Å². The smallest absolute Gasteiger partial charge is 0.253 e. The minimum atomic E-state index is -0.505.